The van der Waals surface area contributed by atoms with Crippen LogP contribution >= 0.6 is 11.6 Å². The van der Waals surface area contributed by atoms with Gasteiger partial charge in [-0.15, -0.1) is 0 Å². The van der Waals surface area contributed by atoms with Crippen LogP contribution in [0.25, 0.3) is 0 Å². The van der Waals surface area contributed by atoms with Crippen molar-refractivity contribution in [2.24, 2.45) is 11.7 Å². The van der Waals surface area contributed by atoms with E-state index in [-0.39, 0.29) is 28.6 Å². The van der Waals surface area contributed by atoms with E-state index in [9.17, 15) is 14.9 Å². The number of halogens is 1. The van der Waals surface area contributed by atoms with E-state index in [0.29, 0.717) is 5.69 Å². The highest BCUT2D eigenvalue weighted by Gasteiger charge is 2.28. The highest BCUT2D eigenvalue weighted by atomic mass is 35.5. The Kier molecular flexibility index (Phi) is 4.57. The van der Waals surface area contributed by atoms with Crippen LogP contribution in [0.1, 0.15) is 25.7 Å². The number of hydrogen-bond acceptors (Lipinski definition) is 4. The maximum absolute atomic E-state index is 12.2. The monoisotopic (exact) mass is 297 g/mol. The molecule has 1 aromatic carbocycles. The zero-order valence-electron chi connectivity index (χ0n) is 10.8. The topological polar surface area (TPSA) is 98.3 Å². The predicted molar refractivity (Wildman–Crippen MR) is 76.7 cm³/mol. The second-order valence-corrected chi connectivity index (χ2v) is 5.37. The lowest BCUT2D eigenvalue weighted by Gasteiger charge is -2.27. The Balaban J connectivity index is 2.09. The summed E-state index contributed by atoms with van der Waals surface area (Å²) in [4.78, 5) is 22.3. The third-order valence-electron chi connectivity index (χ3n) is 3.58. The van der Waals surface area contributed by atoms with Crippen molar-refractivity contribution >= 4 is 28.9 Å². The number of nitro benzene ring substituents is 1. The Morgan fingerprint density at radius 3 is 2.70 bits per heavy atom. The average molecular weight is 298 g/mol. The third kappa shape index (κ3) is 3.26. The Bertz CT molecular complexity index is 536. The number of nitrogens with zero attached hydrogens (tertiary/aromatic N) is 1. The number of nitro groups is 1. The van der Waals surface area contributed by atoms with Crippen LogP contribution in [0.3, 0.4) is 0 Å². The minimum atomic E-state index is -0.533. The molecule has 2 atom stereocenters. The molecule has 0 aromatic heterocycles. The molecule has 6 nitrogen and oxygen atoms in total. The van der Waals surface area contributed by atoms with E-state index in [0.717, 1.165) is 25.7 Å². The second kappa shape index (κ2) is 6.19. The molecule has 7 heteroatoms. The zero-order chi connectivity index (χ0) is 14.7. The molecule has 0 aliphatic heterocycles. The molecular weight excluding hydrogens is 282 g/mol. The quantitative estimate of drug-likeness (QED) is 0.662. The van der Waals surface area contributed by atoms with Gasteiger partial charge in [-0.1, -0.05) is 24.4 Å². The van der Waals surface area contributed by atoms with Crippen molar-refractivity contribution in [1.82, 2.24) is 0 Å². The first-order valence-electron chi connectivity index (χ1n) is 6.49. The Hall–Kier alpha value is -1.66. The van der Waals surface area contributed by atoms with Gasteiger partial charge in [0.15, 0.2) is 0 Å². The molecule has 0 spiro atoms. The molecule has 0 bridgehead atoms. The summed E-state index contributed by atoms with van der Waals surface area (Å²) in [7, 11) is 0. The molecule has 2 unspecified atom stereocenters. The van der Waals surface area contributed by atoms with Gasteiger partial charge < -0.3 is 11.1 Å². The largest absolute Gasteiger partial charge is 0.327 e. The van der Waals surface area contributed by atoms with Crippen LogP contribution in [0, 0.1) is 16.0 Å². The Labute approximate surface area is 121 Å². The summed E-state index contributed by atoms with van der Waals surface area (Å²) in [5.74, 6) is -0.400. The lowest BCUT2D eigenvalue weighted by atomic mass is 9.84. The maximum Gasteiger partial charge on any atom is 0.271 e. The van der Waals surface area contributed by atoms with Crippen LogP contribution in [0.2, 0.25) is 5.02 Å². The van der Waals surface area contributed by atoms with Gasteiger partial charge in [0.1, 0.15) is 0 Å². The highest BCUT2D eigenvalue weighted by molar-refractivity contribution is 6.34. The number of non-ortho nitro benzene ring substituents is 1. The van der Waals surface area contributed by atoms with Crippen molar-refractivity contribution in [2.75, 3.05) is 5.32 Å². The van der Waals surface area contributed by atoms with Gasteiger partial charge in [-0.3, -0.25) is 14.9 Å². The van der Waals surface area contributed by atoms with E-state index in [1.165, 1.54) is 18.2 Å². The first-order chi connectivity index (χ1) is 9.49. The first kappa shape index (κ1) is 14.7. The van der Waals surface area contributed by atoms with Crippen LogP contribution in [-0.4, -0.2) is 16.9 Å². The number of anilines is 1. The molecule has 0 radical (unpaired) electrons. The van der Waals surface area contributed by atoms with Crippen LogP contribution in [-0.2, 0) is 4.79 Å². The molecule has 1 amide bonds. The fourth-order valence-corrected chi connectivity index (χ4v) is 2.65. The lowest BCUT2D eigenvalue weighted by molar-refractivity contribution is -0.384. The summed E-state index contributed by atoms with van der Waals surface area (Å²) in [5.41, 5.74) is 6.22. The minimum Gasteiger partial charge on any atom is -0.327 e. The lowest BCUT2D eigenvalue weighted by Crippen LogP contribution is -2.40. The van der Waals surface area contributed by atoms with Gasteiger partial charge in [0, 0.05) is 18.2 Å². The van der Waals surface area contributed by atoms with Crippen molar-refractivity contribution in [3.63, 3.8) is 0 Å². The van der Waals surface area contributed by atoms with Gasteiger partial charge >= 0.3 is 0 Å². The van der Waals surface area contributed by atoms with Crippen molar-refractivity contribution in [2.45, 2.75) is 31.7 Å². The number of amides is 1. The SMILES string of the molecule is NC1CCCCC1C(=O)Nc1ccc([N+](=O)[O-])cc1Cl. The molecule has 0 saturated heterocycles. The molecule has 1 aliphatic carbocycles. The smallest absolute Gasteiger partial charge is 0.271 e. The van der Waals surface area contributed by atoms with Gasteiger partial charge in [-0.05, 0) is 18.9 Å². The van der Waals surface area contributed by atoms with Gasteiger partial charge in [0.05, 0.1) is 21.6 Å². The summed E-state index contributed by atoms with van der Waals surface area (Å²) < 4.78 is 0. The van der Waals surface area contributed by atoms with Crippen molar-refractivity contribution in [3.8, 4) is 0 Å². The van der Waals surface area contributed by atoms with Gasteiger partial charge in [-0.25, -0.2) is 0 Å². The van der Waals surface area contributed by atoms with Gasteiger partial charge in [0.25, 0.3) is 5.69 Å². The standard InChI is InChI=1S/C13H16ClN3O3/c14-10-7-8(17(19)20)5-6-12(10)16-13(18)9-3-1-2-4-11(9)15/h5-7,9,11H,1-4,15H2,(H,16,18). The molecule has 0 heterocycles. The zero-order valence-corrected chi connectivity index (χ0v) is 11.6. The van der Waals surface area contributed by atoms with Gasteiger partial charge in [0.2, 0.25) is 5.91 Å². The number of benzene rings is 1. The Morgan fingerprint density at radius 2 is 2.10 bits per heavy atom. The summed E-state index contributed by atoms with van der Waals surface area (Å²) >= 11 is 5.94. The van der Waals surface area contributed by atoms with Gasteiger partial charge in [-0.2, -0.15) is 0 Å². The van der Waals surface area contributed by atoms with Crippen LogP contribution < -0.4 is 11.1 Å². The predicted octanol–water partition coefficient (Wildman–Crippen LogP) is 2.70. The number of carbonyl (C=O) groups is 1. The fourth-order valence-electron chi connectivity index (χ4n) is 2.43. The number of nitrogens with two attached hydrogens (primary N) is 1. The minimum absolute atomic E-state index is 0.109. The molecule has 20 heavy (non-hydrogen) atoms. The van der Waals surface area contributed by atoms with E-state index >= 15 is 0 Å². The Morgan fingerprint density at radius 1 is 1.40 bits per heavy atom. The van der Waals surface area contributed by atoms with Crippen LogP contribution in [0.15, 0.2) is 18.2 Å². The normalized spacial score (nSPS) is 22.3. The van der Waals surface area contributed by atoms with Crippen molar-refractivity contribution in [3.05, 3.63) is 33.3 Å². The number of rotatable bonds is 3. The number of hydrogen-bond donors (Lipinski definition) is 2. The van der Waals surface area contributed by atoms with E-state index < -0.39 is 4.92 Å². The number of carbonyl (C=O) groups excluding carboxylic acids is 1. The van der Waals surface area contributed by atoms with Crippen LogP contribution in [0.4, 0.5) is 11.4 Å². The summed E-state index contributed by atoms with van der Waals surface area (Å²) in [6.07, 6.45) is 3.63. The average Bonchev–Trinajstić information content (AvgIpc) is 2.41. The van der Waals surface area contributed by atoms with E-state index in [1.807, 2.05) is 0 Å². The van der Waals surface area contributed by atoms with E-state index in [1.54, 1.807) is 0 Å². The van der Waals surface area contributed by atoms with E-state index in [4.69, 9.17) is 17.3 Å². The van der Waals surface area contributed by atoms with Crippen LogP contribution in [0.5, 0.6) is 0 Å². The molecule has 108 valence electrons. The number of nitrogens with one attached hydrogen (secondary N) is 1. The molecular formula is C13H16ClN3O3. The molecule has 1 fully saturated rings. The molecule has 1 saturated carbocycles. The molecule has 3 N–H and O–H groups in total. The first-order valence-corrected chi connectivity index (χ1v) is 6.87. The highest BCUT2D eigenvalue weighted by Crippen LogP contribution is 2.29. The van der Waals surface area contributed by atoms with Crippen molar-refractivity contribution in [1.29, 1.82) is 0 Å². The fraction of sp³-hybridized carbons (Fsp3) is 0.462. The summed E-state index contributed by atoms with van der Waals surface area (Å²) in [6.45, 7) is 0. The van der Waals surface area contributed by atoms with E-state index in [2.05, 4.69) is 5.32 Å². The van der Waals surface area contributed by atoms with Crippen molar-refractivity contribution < 1.29 is 9.72 Å². The summed E-state index contributed by atoms with van der Waals surface area (Å²) in [6, 6.07) is 3.83. The molecule has 1 aromatic rings. The second-order valence-electron chi connectivity index (χ2n) is 4.97. The third-order valence-corrected chi connectivity index (χ3v) is 3.89. The molecule has 2 rings (SSSR count). The molecule has 1 aliphatic rings. The summed E-state index contributed by atoms with van der Waals surface area (Å²) in [5, 5.41) is 13.5. The maximum atomic E-state index is 12.2.